The zero-order valence-corrected chi connectivity index (χ0v) is 14.3. The van der Waals surface area contributed by atoms with Crippen LogP contribution in [0.3, 0.4) is 0 Å². The summed E-state index contributed by atoms with van der Waals surface area (Å²) in [6.07, 6.45) is 0. The van der Waals surface area contributed by atoms with Gasteiger partial charge in [0.1, 0.15) is 0 Å². The van der Waals surface area contributed by atoms with Crippen LogP contribution in [0.25, 0.3) is 0 Å². The molecule has 1 unspecified atom stereocenters. The Morgan fingerprint density at radius 2 is 1.91 bits per heavy atom. The second-order valence-corrected chi connectivity index (χ2v) is 6.84. The summed E-state index contributed by atoms with van der Waals surface area (Å²) in [5, 5.41) is 13.3. The molecule has 0 radical (unpaired) electrons. The van der Waals surface area contributed by atoms with Crippen molar-refractivity contribution in [2.24, 2.45) is 0 Å². The average molecular weight is 320 g/mol. The molecule has 1 aliphatic rings. The molecule has 0 saturated carbocycles. The Morgan fingerprint density at radius 1 is 1.30 bits per heavy atom. The van der Waals surface area contributed by atoms with Gasteiger partial charge in [-0.25, -0.2) is 0 Å². The molecule has 23 heavy (non-hydrogen) atoms. The summed E-state index contributed by atoms with van der Waals surface area (Å²) in [6, 6.07) is 7.62. The molecule has 1 saturated heterocycles. The van der Waals surface area contributed by atoms with Crippen LogP contribution in [0.4, 0.5) is 0 Å². The summed E-state index contributed by atoms with van der Waals surface area (Å²) in [5.41, 5.74) is 0.877. The Labute approximate surface area is 138 Å². The molecule has 0 aromatic heterocycles. The van der Waals surface area contributed by atoms with E-state index >= 15 is 0 Å². The fourth-order valence-electron chi connectivity index (χ4n) is 2.69. The Kier molecular flexibility index (Phi) is 6.16. The molecule has 1 aromatic carbocycles. The van der Waals surface area contributed by atoms with Crippen molar-refractivity contribution in [3.63, 3.8) is 0 Å². The summed E-state index contributed by atoms with van der Waals surface area (Å²) < 4.78 is 5.30. The van der Waals surface area contributed by atoms with E-state index in [4.69, 9.17) is 4.74 Å². The van der Waals surface area contributed by atoms with Gasteiger partial charge < -0.3 is 15.2 Å². The van der Waals surface area contributed by atoms with E-state index in [1.54, 1.807) is 6.92 Å². The molecule has 0 bridgehead atoms. The predicted molar refractivity (Wildman–Crippen MR) is 90.7 cm³/mol. The molecule has 1 heterocycles. The molecule has 1 aliphatic heterocycles. The third-order valence-electron chi connectivity index (χ3n) is 4.14. The van der Waals surface area contributed by atoms with E-state index < -0.39 is 5.60 Å². The van der Waals surface area contributed by atoms with E-state index in [1.165, 1.54) is 5.56 Å². The van der Waals surface area contributed by atoms with Gasteiger partial charge in [-0.05, 0) is 30.5 Å². The van der Waals surface area contributed by atoms with Crippen LogP contribution in [0.1, 0.15) is 42.6 Å². The van der Waals surface area contributed by atoms with E-state index in [1.807, 2.05) is 24.3 Å². The lowest BCUT2D eigenvalue weighted by molar-refractivity contribution is -0.0213. The summed E-state index contributed by atoms with van der Waals surface area (Å²) in [7, 11) is 0. The van der Waals surface area contributed by atoms with Crippen molar-refractivity contribution in [2.75, 3.05) is 39.4 Å². The highest BCUT2D eigenvalue weighted by Gasteiger charge is 2.26. The van der Waals surface area contributed by atoms with Crippen molar-refractivity contribution in [1.82, 2.24) is 10.2 Å². The van der Waals surface area contributed by atoms with Gasteiger partial charge >= 0.3 is 0 Å². The number of nitrogens with one attached hydrogen (secondary N) is 1. The van der Waals surface area contributed by atoms with E-state index in [0.29, 0.717) is 31.2 Å². The molecular formula is C18H28N2O3. The molecule has 2 rings (SSSR count). The standard InChI is InChI=1S/C18H28N2O3/c1-14(2)15-4-6-16(7-5-15)17(21)19-12-18(3,22)13-20-8-10-23-11-9-20/h4-7,14,22H,8-13H2,1-3H3,(H,19,21). The SMILES string of the molecule is CC(C)c1ccc(C(=O)NCC(C)(O)CN2CCOCC2)cc1. The van der Waals surface area contributed by atoms with Crippen molar-refractivity contribution >= 4 is 5.91 Å². The Balaban J connectivity index is 1.84. The van der Waals surface area contributed by atoms with E-state index in [2.05, 4.69) is 24.1 Å². The highest BCUT2D eigenvalue weighted by atomic mass is 16.5. The Bertz CT molecular complexity index is 506. The molecule has 0 aliphatic carbocycles. The van der Waals surface area contributed by atoms with Crippen LogP contribution >= 0.6 is 0 Å². The molecule has 2 N–H and O–H groups in total. The normalized spacial score (nSPS) is 18.7. The zero-order chi connectivity index (χ0) is 16.9. The molecule has 0 spiro atoms. The van der Waals surface area contributed by atoms with Crippen LogP contribution in [0.15, 0.2) is 24.3 Å². The van der Waals surface area contributed by atoms with Gasteiger partial charge in [0.25, 0.3) is 5.91 Å². The minimum absolute atomic E-state index is 0.150. The summed E-state index contributed by atoms with van der Waals surface area (Å²) >= 11 is 0. The van der Waals surface area contributed by atoms with Crippen LogP contribution in [-0.4, -0.2) is 60.9 Å². The second-order valence-electron chi connectivity index (χ2n) is 6.84. The number of benzene rings is 1. The first-order valence-electron chi connectivity index (χ1n) is 8.28. The maximum atomic E-state index is 12.2. The maximum Gasteiger partial charge on any atom is 0.251 e. The third-order valence-corrected chi connectivity index (χ3v) is 4.14. The van der Waals surface area contributed by atoms with Crippen LogP contribution in [0, 0.1) is 0 Å². The number of carbonyl (C=O) groups excluding carboxylic acids is 1. The lowest BCUT2D eigenvalue weighted by Crippen LogP contribution is -2.51. The van der Waals surface area contributed by atoms with Gasteiger partial charge in [-0.3, -0.25) is 9.69 Å². The lowest BCUT2D eigenvalue weighted by atomic mass is 10.0. The number of β-amino-alcohol motifs (C(OH)–C–C–N with tert-alkyl or cyclic N) is 1. The minimum Gasteiger partial charge on any atom is -0.387 e. The van der Waals surface area contributed by atoms with Crippen molar-refractivity contribution in [2.45, 2.75) is 32.3 Å². The van der Waals surface area contributed by atoms with Crippen LogP contribution in [-0.2, 0) is 4.74 Å². The molecule has 1 atom stereocenters. The average Bonchev–Trinajstić information content (AvgIpc) is 2.53. The zero-order valence-electron chi connectivity index (χ0n) is 14.3. The number of amides is 1. The first-order chi connectivity index (χ1) is 10.9. The molecule has 5 nitrogen and oxygen atoms in total. The Morgan fingerprint density at radius 3 is 2.48 bits per heavy atom. The van der Waals surface area contributed by atoms with Crippen molar-refractivity contribution in [3.8, 4) is 0 Å². The minimum atomic E-state index is -0.953. The number of ether oxygens (including phenoxy) is 1. The number of hydrogen-bond donors (Lipinski definition) is 2. The number of morpholine rings is 1. The molecule has 1 amide bonds. The van der Waals surface area contributed by atoms with Crippen LogP contribution in [0.2, 0.25) is 0 Å². The number of rotatable bonds is 6. The summed E-state index contributed by atoms with van der Waals surface area (Å²) in [5.74, 6) is 0.295. The molecule has 128 valence electrons. The Hall–Kier alpha value is -1.43. The first kappa shape index (κ1) is 17.9. The van der Waals surface area contributed by atoms with Gasteiger partial charge in [-0.15, -0.1) is 0 Å². The van der Waals surface area contributed by atoms with Gasteiger partial charge in [0.05, 0.1) is 18.8 Å². The molecule has 1 aromatic rings. The van der Waals surface area contributed by atoms with Crippen LogP contribution in [0.5, 0.6) is 0 Å². The van der Waals surface area contributed by atoms with Crippen molar-refractivity contribution in [3.05, 3.63) is 35.4 Å². The van der Waals surface area contributed by atoms with Gasteiger partial charge in [0.15, 0.2) is 0 Å². The van der Waals surface area contributed by atoms with Crippen molar-refractivity contribution < 1.29 is 14.6 Å². The first-order valence-corrected chi connectivity index (χ1v) is 8.28. The lowest BCUT2D eigenvalue weighted by Gasteiger charge is -2.33. The largest absolute Gasteiger partial charge is 0.387 e. The van der Waals surface area contributed by atoms with Gasteiger partial charge in [-0.2, -0.15) is 0 Å². The smallest absolute Gasteiger partial charge is 0.251 e. The van der Waals surface area contributed by atoms with Crippen molar-refractivity contribution in [1.29, 1.82) is 0 Å². The monoisotopic (exact) mass is 320 g/mol. The van der Waals surface area contributed by atoms with Gasteiger partial charge in [0.2, 0.25) is 0 Å². The summed E-state index contributed by atoms with van der Waals surface area (Å²) in [6.45, 7) is 9.80. The van der Waals surface area contributed by atoms with Crippen LogP contribution < -0.4 is 5.32 Å². The molecule has 5 heteroatoms. The van der Waals surface area contributed by atoms with E-state index in [-0.39, 0.29) is 12.5 Å². The molecule has 1 fully saturated rings. The van der Waals surface area contributed by atoms with Gasteiger partial charge in [-0.1, -0.05) is 26.0 Å². The topological polar surface area (TPSA) is 61.8 Å². The fraction of sp³-hybridized carbons (Fsp3) is 0.611. The van der Waals surface area contributed by atoms with Gasteiger partial charge in [0, 0.05) is 31.7 Å². The number of nitrogens with zero attached hydrogens (tertiary/aromatic N) is 1. The predicted octanol–water partition coefficient (Wildman–Crippen LogP) is 1.62. The second kappa shape index (κ2) is 7.90. The highest BCUT2D eigenvalue weighted by molar-refractivity contribution is 5.94. The third kappa shape index (κ3) is 5.61. The maximum absolute atomic E-state index is 12.2. The van der Waals surface area contributed by atoms with E-state index in [0.717, 1.165) is 13.1 Å². The quantitative estimate of drug-likeness (QED) is 0.836. The number of carbonyl (C=O) groups is 1. The summed E-state index contributed by atoms with van der Waals surface area (Å²) in [4.78, 5) is 14.4. The fourth-order valence-corrected chi connectivity index (χ4v) is 2.69. The number of hydrogen-bond acceptors (Lipinski definition) is 4. The van der Waals surface area contributed by atoms with E-state index in [9.17, 15) is 9.90 Å². The molecular weight excluding hydrogens is 292 g/mol. The number of aliphatic hydroxyl groups is 1. The highest BCUT2D eigenvalue weighted by Crippen LogP contribution is 2.15.